The number of thiophene rings is 1. The predicted molar refractivity (Wildman–Crippen MR) is 140 cm³/mol. The number of hydrogen-bond acceptors (Lipinski definition) is 5. The zero-order valence-electron chi connectivity index (χ0n) is 18.2. The van der Waals surface area contributed by atoms with Crippen LogP contribution in [-0.4, -0.2) is 21.2 Å². The molecule has 0 spiro atoms. The summed E-state index contributed by atoms with van der Waals surface area (Å²) >= 11 is 8.80. The number of carbonyl (C=O) groups is 1. The number of amides is 1. The Bertz CT molecular complexity index is 1410. The van der Waals surface area contributed by atoms with Crippen molar-refractivity contribution in [1.82, 2.24) is 9.55 Å². The number of aryl methyl sites for hydroxylation is 1. The van der Waals surface area contributed by atoms with E-state index in [4.69, 9.17) is 16.6 Å². The lowest BCUT2D eigenvalue weighted by Gasteiger charge is -2.12. The van der Waals surface area contributed by atoms with Gasteiger partial charge in [-0.25, -0.2) is 4.98 Å². The van der Waals surface area contributed by atoms with Crippen LogP contribution in [0.4, 0.5) is 5.69 Å². The number of fused-ring (bicyclic) bond motifs is 1. The number of nitrogens with zero attached hydrogens (tertiary/aromatic N) is 2. The molecular weight excluding hydrogens is 474 g/mol. The van der Waals surface area contributed by atoms with Crippen molar-refractivity contribution < 1.29 is 4.79 Å². The molecule has 0 atom stereocenters. The van der Waals surface area contributed by atoms with E-state index >= 15 is 0 Å². The Balaban J connectivity index is 1.63. The first-order valence-electron chi connectivity index (χ1n) is 10.3. The number of halogens is 1. The van der Waals surface area contributed by atoms with E-state index in [1.807, 2.05) is 43.5 Å². The lowest BCUT2D eigenvalue weighted by Crippen LogP contribution is -2.23. The van der Waals surface area contributed by atoms with Crippen molar-refractivity contribution in [2.24, 2.45) is 0 Å². The van der Waals surface area contributed by atoms with Gasteiger partial charge in [0.15, 0.2) is 5.16 Å². The Hall–Kier alpha value is -2.87. The highest BCUT2D eigenvalue weighted by Crippen LogP contribution is 2.32. The van der Waals surface area contributed by atoms with Gasteiger partial charge in [0, 0.05) is 28.2 Å². The average molecular weight is 496 g/mol. The molecule has 2 aromatic carbocycles. The maximum Gasteiger partial charge on any atom is 0.263 e. The monoisotopic (exact) mass is 495 g/mol. The molecule has 0 aliphatic carbocycles. The molecule has 0 bridgehead atoms. The van der Waals surface area contributed by atoms with Crippen LogP contribution in [0.3, 0.4) is 0 Å². The van der Waals surface area contributed by atoms with Gasteiger partial charge in [-0.15, -0.1) is 17.9 Å². The molecule has 4 rings (SSSR count). The van der Waals surface area contributed by atoms with Crippen molar-refractivity contribution in [2.75, 3.05) is 11.1 Å². The molecular formula is C25H22ClN3O2S2. The first kappa shape index (κ1) is 23.3. The van der Waals surface area contributed by atoms with Crippen molar-refractivity contribution >= 4 is 56.5 Å². The number of thioether (sulfide) groups is 1. The average Bonchev–Trinajstić information content (AvgIpc) is 3.22. The number of anilines is 1. The SMILES string of the molecule is C=CCn1c(SCC(=O)Nc2cccc(Cl)c2C)nc2scc(-c3ccc(C)cc3)c2c1=O. The molecule has 1 N–H and O–H groups in total. The van der Waals surface area contributed by atoms with Crippen molar-refractivity contribution in [3.05, 3.63) is 87.0 Å². The number of rotatable bonds is 7. The van der Waals surface area contributed by atoms with Crippen molar-refractivity contribution in [3.63, 3.8) is 0 Å². The third-order valence-corrected chi connectivity index (χ3v) is 7.47. The molecule has 8 heteroatoms. The van der Waals surface area contributed by atoms with Crippen molar-refractivity contribution in [2.45, 2.75) is 25.5 Å². The lowest BCUT2D eigenvalue weighted by atomic mass is 10.1. The van der Waals surface area contributed by atoms with Crippen LogP contribution in [-0.2, 0) is 11.3 Å². The number of allylic oxidation sites excluding steroid dienone is 1. The summed E-state index contributed by atoms with van der Waals surface area (Å²) in [6.45, 7) is 7.97. The summed E-state index contributed by atoms with van der Waals surface area (Å²) < 4.78 is 1.57. The Morgan fingerprint density at radius 2 is 2.00 bits per heavy atom. The van der Waals surface area contributed by atoms with Gasteiger partial charge in [0.1, 0.15) is 4.83 Å². The largest absolute Gasteiger partial charge is 0.325 e. The summed E-state index contributed by atoms with van der Waals surface area (Å²) in [6.07, 6.45) is 1.66. The van der Waals surface area contributed by atoms with E-state index in [-0.39, 0.29) is 17.2 Å². The van der Waals surface area contributed by atoms with Gasteiger partial charge < -0.3 is 5.32 Å². The normalized spacial score (nSPS) is 11.0. The second-order valence-corrected chi connectivity index (χ2v) is 9.75. The van der Waals surface area contributed by atoms with Crippen LogP contribution in [0.2, 0.25) is 5.02 Å². The van der Waals surface area contributed by atoms with E-state index in [2.05, 4.69) is 11.9 Å². The zero-order valence-corrected chi connectivity index (χ0v) is 20.6. The van der Waals surface area contributed by atoms with E-state index in [0.717, 1.165) is 22.3 Å². The van der Waals surface area contributed by atoms with Crippen LogP contribution in [0, 0.1) is 13.8 Å². The summed E-state index contributed by atoms with van der Waals surface area (Å²) in [6, 6.07) is 13.5. The molecule has 168 valence electrons. The predicted octanol–water partition coefficient (Wildman–Crippen LogP) is 6.31. The van der Waals surface area contributed by atoms with Crippen molar-refractivity contribution in [3.8, 4) is 11.1 Å². The Morgan fingerprint density at radius 1 is 1.24 bits per heavy atom. The van der Waals surface area contributed by atoms with E-state index in [9.17, 15) is 9.59 Å². The van der Waals surface area contributed by atoms with Crippen LogP contribution in [0.15, 0.2) is 70.5 Å². The highest BCUT2D eigenvalue weighted by molar-refractivity contribution is 7.99. The molecule has 0 aliphatic heterocycles. The van der Waals surface area contributed by atoms with Crippen LogP contribution in [0.1, 0.15) is 11.1 Å². The highest BCUT2D eigenvalue weighted by atomic mass is 35.5. The molecule has 0 saturated carbocycles. The minimum absolute atomic E-state index is 0.108. The fraction of sp³-hybridized carbons (Fsp3) is 0.160. The molecule has 0 fully saturated rings. The number of carbonyl (C=O) groups excluding carboxylic acids is 1. The third-order valence-electron chi connectivity index (χ3n) is 5.21. The van der Waals surface area contributed by atoms with Crippen LogP contribution >= 0.6 is 34.7 Å². The maximum atomic E-state index is 13.4. The highest BCUT2D eigenvalue weighted by Gasteiger charge is 2.18. The quantitative estimate of drug-likeness (QED) is 0.185. The number of aromatic nitrogens is 2. The molecule has 0 radical (unpaired) electrons. The Labute approximate surface area is 205 Å². The van der Waals surface area contributed by atoms with Gasteiger partial charge in [-0.3, -0.25) is 14.2 Å². The Morgan fingerprint density at radius 3 is 2.73 bits per heavy atom. The minimum Gasteiger partial charge on any atom is -0.325 e. The van der Waals surface area contributed by atoms with Gasteiger partial charge >= 0.3 is 0 Å². The fourth-order valence-electron chi connectivity index (χ4n) is 3.41. The standard InChI is InChI=1S/C25H22ClN3O2S2/c1-4-12-29-24(31)22-18(17-10-8-15(2)9-11-17)13-32-23(22)28-25(29)33-14-21(30)27-20-7-5-6-19(26)16(20)3/h4-11,13H,1,12,14H2,2-3H3,(H,27,30). The summed E-state index contributed by atoms with van der Waals surface area (Å²) in [5, 5.41) is 6.51. The van der Waals surface area contributed by atoms with E-state index in [1.165, 1.54) is 23.1 Å². The summed E-state index contributed by atoms with van der Waals surface area (Å²) in [5.74, 6) is -0.0894. The van der Waals surface area contributed by atoms with E-state index in [1.54, 1.807) is 28.8 Å². The fourth-order valence-corrected chi connectivity index (χ4v) is 5.38. The Kier molecular flexibility index (Phi) is 7.02. The first-order valence-corrected chi connectivity index (χ1v) is 12.5. The topological polar surface area (TPSA) is 64.0 Å². The molecule has 2 heterocycles. The molecule has 5 nitrogen and oxygen atoms in total. The minimum atomic E-state index is -0.198. The number of hydrogen-bond donors (Lipinski definition) is 1. The van der Waals surface area contributed by atoms with Crippen molar-refractivity contribution in [1.29, 1.82) is 0 Å². The summed E-state index contributed by atoms with van der Waals surface area (Å²) in [5.41, 5.74) is 4.35. The third kappa shape index (κ3) is 4.90. The second kappa shape index (κ2) is 9.95. The first-order chi connectivity index (χ1) is 15.9. The van der Waals surface area contributed by atoms with E-state index < -0.39 is 0 Å². The molecule has 0 unspecified atom stereocenters. The van der Waals surface area contributed by atoms with Crippen LogP contribution in [0.25, 0.3) is 21.3 Å². The van der Waals surface area contributed by atoms with Gasteiger partial charge in [0.25, 0.3) is 5.56 Å². The molecule has 2 aromatic heterocycles. The molecule has 0 aliphatic rings. The van der Waals surface area contributed by atoms with Gasteiger partial charge in [-0.2, -0.15) is 0 Å². The second-order valence-electron chi connectivity index (χ2n) is 7.54. The number of nitrogens with one attached hydrogen (secondary N) is 1. The van der Waals surface area contributed by atoms with Gasteiger partial charge in [0.05, 0.1) is 11.1 Å². The van der Waals surface area contributed by atoms with Crippen LogP contribution in [0.5, 0.6) is 0 Å². The van der Waals surface area contributed by atoms with Gasteiger partial charge in [-0.1, -0.05) is 65.3 Å². The molecule has 4 aromatic rings. The zero-order chi connectivity index (χ0) is 23.5. The molecule has 0 saturated heterocycles. The smallest absolute Gasteiger partial charge is 0.263 e. The maximum absolute atomic E-state index is 13.4. The van der Waals surface area contributed by atoms with Gasteiger partial charge in [-0.05, 0) is 37.1 Å². The molecule has 1 amide bonds. The lowest BCUT2D eigenvalue weighted by molar-refractivity contribution is -0.113. The molecule has 33 heavy (non-hydrogen) atoms. The number of benzene rings is 2. The summed E-state index contributed by atoms with van der Waals surface area (Å²) in [7, 11) is 0. The van der Waals surface area contributed by atoms with Gasteiger partial charge in [0.2, 0.25) is 5.91 Å². The summed E-state index contributed by atoms with van der Waals surface area (Å²) in [4.78, 5) is 31.4. The van der Waals surface area contributed by atoms with E-state index in [0.29, 0.717) is 32.6 Å². The van der Waals surface area contributed by atoms with Crippen LogP contribution < -0.4 is 10.9 Å².